The molecule has 0 amide bonds. The van der Waals surface area contributed by atoms with E-state index >= 15 is 0 Å². The molecule has 0 aliphatic heterocycles. The number of hydroxylamine groups is 1. The predicted octanol–water partition coefficient (Wildman–Crippen LogP) is 5.08. The Hall–Kier alpha value is -2.62. The highest BCUT2D eigenvalue weighted by molar-refractivity contribution is 6.09. The van der Waals surface area contributed by atoms with Crippen molar-refractivity contribution in [2.45, 2.75) is 0 Å². The molecule has 3 aromatic carbocycles. The molecular formula is C19H17ClN2O. The van der Waals surface area contributed by atoms with Crippen molar-refractivity contribution in [1.29, 1.82) is 0 Å². The third-order valence-corrected chi connectivity index (χ3v) is 3.22. The zero-order valence-electron chi connectivity index (χ0n) is 12.4. The minimum Gasteiger partial charge on any atom is -0.282 e. The van der Waals surface area contributed by atoms with Crippen LogP contribution >= 0.6 is 12.4 Å². The fraction of sp³-hybridized carbons (Fsp3) is 0. The van der Waals surface area contributed by atoms with Crippen LogP contribution in [-0.2, 0) is 0 Å². The molecule has 116 valence electrons. The number of aliphatic imine (C=N–C) groups is 1. The van der Waals surface area contributed by atoms with E-state index in [4.69, 9.17) is 0 Å². The average Bonchev–Trinajstić information content (AvgIpc) is 2.61. The first-order chi connectivity index (χ1) is 10.8. The van der Waals surface area contributed by atoms with Crippen molar-refractivity contribution in [2.24, 2.45) is 4.99 Å². The van der Waals surface area contributed by atoms with E-state index in [1.165, 1.54) is 0 Å². The highest BCUT2D eigenvalue weighted by Crippen LogP contribution is 2.19. The molecule has 3 nitrogen and oxygen atoms in total. The molecule has 0 spiro atoms. The zero-order chi connectivity index (χ0) is 15.2. The Balaban J connectivity index is 0.00000192. The summed E-state index contributed by atoms with van der Waals surface area (Å²) in [6.45, 7) is 0. The third kappa shape index (κ3) is 4.19. The number of para-hydroxylation sites is 2. The monoisotopic (exact) mass is 324 g/mol. The van der Waals surface area contributed by atoms with Gasteiger partial charge in [-0.05, 0) is 24.3 Å². The molecule has 0 unspecified atom stereocenters. The van der Waals surface area contributed by atoms with Gasteiger partial charge in [-0.15, -0.1) is 12.4 Å². The standard InChI is InChI=1S/C19H16N2O.ClH/c22-21(18-14-8-3-9-15-18)19(16-10-4-1-5-11-16)20-17-12-6-2-7-13-17;/h1-15,22H;1H/b20-19+;. The van der Waals surface area contributed by atoms with Crippen LogP contribution in [0.5, 0.6) is 0 Å². The summed E-state index contributed by atoms with van der Waals surface area (Å²) in [7, 11) is 0. The molecule has 1 N–H and O–H groups in total. The third-order valence-electron chi connectivity index (χ3n) is 3.22. The van der Waals surface area contributed by atoms with E-state index in [2.05, 4.69) is 4.99 Å². The smallest absolute Gasteiger partial charge is 0.165 e. The molecule has 0 fully saturated rings. The lowest BCUT2D eigenvalue weighted by Gasteiger charge is -2.19. The lowest BCUT2D eigenvalue weighted by atomic mass is 10.2. The first-order valence-electron chi connectivity index (χ1n) is 7.08. The molecule has 3 rings (SSSR count). The molecular weight excluding hydrogens is 308 g/mol. The topological polar surface area (TPSA) is 35.8 Å². The lowest BCUT2D eigenvalue weighted by Crippen LogP contribution is -2.27. The number of halogens is 1. The first kappa shape index (κ1) is 16.7. The summed E-state index contributed by atoms with van der Waals surface area (Å²) >= 11 is 0. The van der Waals surface area contributed by atoms with Gasteiger partial charge in [0.1, 0.15) is 0 Å². The maximum absolute atomic E-state index is 10.6. The lowest BCUT2D eigenvalue weighted by molar-refractivity contribution is 0.313. The molecule has 0 saturated carbocycles. The van der Waals surface area contributed by atoms with Crippen molar-refractivity contribution in [3.8, 4) is 0 Å². The van der Waals surface area contributed by atoms with Crippen LogP contribution in [0.25, 0.3) is 0 Å². The maximum atomic E-state index is 10.6. The number of nitrogens with zero attached hydrogens (tertiary/aromatic N) is 2. The normalized spacial score (nSPS) is 10.7. The van der Waals surface area contributed by atoms with Gasteiger partial charge in [0.05, 0.1) is 11.4 Å². The maximum Gasteiger partial charge on any atom is 0.165 e. The fourth-order valence-electron chi connectivity index (χ4n) is 2.14. The summed E-state index contributed by atoms with van der Waals surface area (Å²) in [6, 6.07) is 28.6. The van der Waals surface area contributed by atoms with E-state index in [0.717, 1.165) is 16.3 Å². The van der Waals surface area contributed by atoms with Gasteiger partial charge in [0.25, 0.3) is 0 Å². The fourth-order valence-corrected chi connectivity index (χ4v) is 2.14. The van der Waals surface area contributed by atoms with Crippen molar-refractivity contribution < 1.29 is 5.21 Å². The van der Waals surface area contributed by atoms with E-state index in [-0.39, 0.29) is 12.4 Å². The highest BCUT2D eigenvalue weighted by Gasteiger charge is 2.13. The first-order valence-corrected chi connectivity index (χ1v) is 7.08. The van der Waals surface area contributed by atoms with Crippen molar-refractivity contribution in [3.63, 3.8) is 0 Å². The van der Waals surface area contributed by atoms with E-state index in [0.29, 0.717) is 11.5 Å². The second kappa shape index (κ2) is 8.13. The van der Waals surface area contributed by atoms with Gasteiger partial charge in [0.2, 0.25) is 0 Å². The number of benzene rings is 3. The Morgan fingerprint density at radius 3 is 1.74 bits per heavy atom. The van der Waals surface area contributed by atoms with Crippen LogP contribution in [0.1, 0.15) is 5.56 Å². The number of rotatable bonds is 3. The molecule has 0 atom stereocenters. The minimum atomic E-state index is 0. The molecule has 4 heteroatoms. The van der Waals surface area contributed by atoms with Gasteiger partial charge in [0.15, 0.2) is 5.84 Å². The second-order valence-electron chi connectivity index (χ2n) is 4.78. The molecule has 23 heavy (non-hydrogen) atoms. The van der Waals surface area contributed by atoms with Crippen LogP contribution in [0.2, 0.25) is 0 Å². The Morgan fingerprint density at radius 1 is 0.696 bits per heavy atom. The van der Waals surface area contributed by atoms with Crippen LogP contribution in [0.3, 0.4) is 0 Å². The Kier molecular flexibility index (Phi) is 5.92. The number of hydrogen-bond acceptors (Lipinski definition) is 2. The van der Waals surface area contributed by atoms with Crippen LogP contribution in [0.15, 0.2) is 96.0 Å². The second-order valence-corrected chi connectivity index (χ2v) is 4.78. The highest BCUT2D eigenvalue weighted by atomic mass is 35.5. The summed E-state index contributed by atoms with van der Waals surface area (Å²) in [6.07, 6.45) is 0. The summed E-state index contributed by atoms with van der Waals surface area (Å²) in [5.41, 5.74) is 2.30. The molecule has 0 heterocycles. The van der Waals surface area contributed by atoms with Crippen LogP contribution in [0.4, 0.5) is 11.4 Å². The van der Waals surface area contributed by atoms with Crippen LogP contribution in [0, 0.1) is 0 Å². The summed E-state index contributed by atoms with van der Waals surface area (Å²) in [5.74, 6) is 0.484. The molecule has 0 aliphatic rings. The summed E-state index contributed by atoms with van der Waals surface area (Å²) in [4.78, 5) is 4.60. The predicted molar refractivity (Wildman–Crippen MR) is 97.0 cm³/mol. The van der Waals surface area contributed by atoms with E-state index in [1.54, 1.807) is 0 Å². The molecule has 0 aromatic heterocycles. The molecule has 0 saturated heterocycles. The molecule has 3 aromatic rings. The molecule has 0 bridgehead atoms. The summed E-state index contributed by atoms with van der Waals surface area (Å²) < 4.78 is 0. The molecule has 0 radical (unpaired) electrons. The Bertz CT molecular complexity index is 746. The van der Waals surface area contributed by atoms with E-state index < -0.39 is 0 Å². The van der Waals surface area contributed by atoms with Gasteiger partial charge >= 0.3 is 0 Å². The number of amidine groups is 1. The van der Waals surface area contributed by atoms with Gasteiger partial charge in [-0.25, -0.2) is 10.1 Å². The Labute approximate surface area is 141 Å². The zero-order valence-corrected chi connectivity index (χ0v) is 13.2. The SMILES string of the molecule is Cl.ON(/C(=N/c1ccccc1)c1ccccc1)c1ccccc1. The van der Waals surface area contributed by atoms with Gasteiger partial charge in [-0.3, -0.25) is 5.21 Å². The van der Waals surface area contributed by atoms with Gasteiger partial charge in [0, 0.05) is 5.56 Å². The number of hydrogen-bond donors (Lipinski definition) is 1. The quantitative estimate of drug-likeness (QED) is 0.414. The van der Waals surface area contributed by atoms with Crippen LogP contribution in [-0.4, -0.2) is 11.0 Å². The van der Waals surface area contributed by atoms with Crippen molar-refractivity contribution >= 4 is 29.6 Å². The average molecular weight is 325 g/mol. The van der Waals surface area contributed by atoms with Gasteiger partial charge in [-0.1, -0.05) is 66.7 Å². The van der Waals surface area contributed by atoms with E-state index in [1.807, 2.05) is 91.0 Å². The van der Waals surface area contributed by atoms with Gasteiger partial charge in [-0.2, -0.15) is 0 Å². The molecule has 0 aliphatic carbocycles. The van der Waals surface area contributed by atoms with Crippen LogP contribution < -0.4 is 5.06 Å². The largest absolute Gasteiger partial charge is 0.282 e. The minimum absolute atomic E-state index is 0. The Morgan fingerprint density at radius 2 is 1.17 bits per heavy atom. The van der Waals surface area contributed by atoms with E-state index in [9.17, 15) is 5.21 Å². The summed E-state index contributed by atoms with van der Waals surface area (Å²) in [5, 5.41) is 11.7. The van der Waals surface area contributed by atoms with Crippen molar-refractivity contribution in [3.05, 3.63) is 96.6 Å². The number of anilines is 1. The van der Waals surface area contributed by atoms with Gasteiger partial charge < -0.3 is 0 Å². The van der Waals surface area contributed by atoms with Crippen molar-refractivity contribution in [1.82, 2.24) is 0 Å². The van der Waals surface area contributed by atoms with Crippen molar-refractivity contribution in [2.75, 3.05) is 5.06 Å².